The molecule has 1 aromatic rings. The van der Waals surface area contributed by atoms with Crippen molar-refractivity contribution in [3.05, 3.63) is 32.7 Å². The molecule has 0 aliphatic carbocycles. The van der Waals surface area contributed by atoms with Crippen molar-refractivity contribution in [2.24, 2.45) is 7.05 Å². The quantitative estimate of drug-likeness (QED) is 0.583. The predicted molar refractivity (Wildman–Crippen MR) is 44.1 cm³/mol. The Morgan fingerprint density at radius 1 is 1.50 bits per heavy atom. The highest BCUT2D eigenvalue weighted by Crippen LogP contribution is 2.04. The molecule has 0 saturated heterocycles. The van der Waals surface area contributed by atoms with E-state index in [0.29, 0.717) is 0 Å². The summed E-state index contributed by atoms with van der Waals surface area (Å²) in [6, 6.07) is 3.66. The molecule has 0 bridgehead atoms. The van der Waals surface area contributed by atoms with Gasteiger partial charge in [-0.3, -0.25) is 4.79 Å². The molecule has 0 radical (unpaired) electrons. The molecule has 1 aromatic heterocycles. The van der Waals surface area contributed by atoms with Crippen LogP contribution in [0.5, 0.6) is 0 Å². The van der Waals surface area contributed by atoms with Gasteiger partial charge in [0.1, 0.15) is 0 Å². The van der Waals surface area contributed by atoms with Crippen molar-refractivity contribution in [3.8, 4) is 0 Å². The molecule has 0 saturated carbocycles. The molecule has 0 N–H and O–H groups in total. The second-order valence-electron chi connectivity index (χ2n) is 2.20. The zero-order chi connectivity index (χ0) is 7.72. The van der Waals surface area contributed by atoms with Gasteiger partial charge < -0.3 is 4.57 Å². The third-order valence-corrected chi connectivity index (χ3v) is 2.23. The van der Waals surface area contributed by atoms with Crippen LogP contribution in [0.2, 0.25) is 0 Å². The van der Waals surface area contributed by atoms with E-state index < -0.39 is 0 Å². The van der Waals surface area contributed by atoms with E-state index in [0.717, 1.165) is 10.2 Å². The predicted octanol–water partition coefficient (Wildman–Crippen LogP) is 1.46. The maximum absolute atomic E-state index is 11.1. The van der Waals surface area contributed by atoms with Gasteiger partial charge in [0, 0.05) is 12.6 Å². The molecule has 0 amide bonds. The van der Waals surface area contributed by atoms with Crippen LogP contribution < -0.4 is 5.56 Å². The van der Waals surface area contributed by atoms with E-state index >= 15 is 0 Å². The number of aryl methyl sites for hydroxylation is 1. The van der Waals surface area contributed by atoms with Crippen molar-refractivity contribution in [3.63, 3.8) is 0 Å². The van der Waals surface area contributed by atoms with Crippen LogP contribution in [0.4, 0.5) is 0 Å². The molecule has 0 aromatic carbocycles. The van der Waals surface area contributed by atoms with Crippen molar-refractivity contribution in [2.75, 3.05) is 0 Å². The number of rotatable bonds is 0. The number of nitrogens with zero attached hydrogens (tertiary/aromatic N) is 1. The standard InChI is InChI=1S/C7H8BrNO/c1-5-3-4-6(8)9(2)7(5)10/h3-4H,1-2H3. The fraction of sp³-hybridized carbons (Fsp3) is 0.286. The van der Waals surface area contributed by atoms with E-state index in [4.69, 9.17) is 0 Å². The van der Waals surface area contributed by atoms with Gasteiger partial charge in [0.25, 0.3) is 5.56 Å². The first-order valence-corrected chi connectivity index (χ1v) is 3.74. The highest BCUT2D eigenvalue weighted by atomic mass is 79.9. The van der Waals surface area contributed by atoms with Gasteiger partial charge in [0.2, 0.25) is 0 Å². The topological polar surface area (TPSA) is 22.0 Å². The summed E-state index contributed by atoms with van der Waals surface area (Å²) in [5, 5.41) is 0. The zero-order valence-corrected chi connectivity index (χ0v) is 7.47. The van der Waals surface area contributed by atoms with E-state index in [9.17, 15) is 4.79 Å². The fourth-order valence-corrected chi connectivity index (χ4v) is 1.03. The van der Waals surface area contributed by atoms with Gasteiger partial charge in [-0.25, -0.2) is 0 Å². The molecule has 0 fully saturated rings. The Morgan fingerprint density at radius 3 is 2.60 bits per heavy atom. The molecule has 0 atom stereocenters. The molecular formula is C7H8BrNO. The first kappa shape index (κ1) is 7.54. The highest BCUT2D eigenvalue weighted by Gasteiger charge is 1.96. The van der Waals surface area contributed by atoms with Crippen LogP contribution in [0.25, 0.3) is 0 Å². The molecule has 3 heteroatoms. The summed E-state index contributed by atoms with van der Waals surface area (Å²) < 4.78 is 2.37. The Hall–Kier alpha value is -0.570. The van der Waals surface area contributed by atoms with E-state index in [1.807, 2.05) is 6.07 Å². The Morgan fingerprint density at radius 2 is 2.10 bits per heavy atom. The number of hydrogen-bond donors (Lipinski definition) is 0. The van der Waals surface area contributed by atoms with Crippen LogP contribution in [-0.4, -0.2) is 4.57 Å². The molecule has 2 nitrogen and oxygen atoms in total. The summed E-state index contributed by atoms with van der Waals surface area (Å²) in [5.74, 6) is 0. The molecule has 1 heterocycles. The first-order chi connectivity index (χ1) is 4.63. The van der Waals surface area contributed by atoms with Crippen molar-refractivity contribution < 1.29 is 0 Å². The summed E-state index contributed by atoms with van der Waals surface area (Å²) in [5.41, 5.74) is 0.820. The summed E-state index contributed by atoms with van der Waals surface area (Å²) in [6.07, 6.45) is 0. The minimum atomic E-state index is 0.0503. The highest BCUT2D eigenvalue weighted by molar-refractivity contribution is 9.10. The number of aromatic nitrogens is 1. The molecular weight excluding hydrogens is 194 g/mol. The minimum Gasteiger partial charge on any atom is -0.306 e. The summed E-state index contributed by atoms with van der Waals surface area (Å²) >= 11 is 3.24. The van der Waals surface area contributed by atoms with Crippen LogP contribution in [0.15, 0.2) is 21.5 Å². The zero-order valence-electron chi connectivity index (χ0n) is 5.89. The van der Waals surface area contributed by atoms with Gasteiger partial charge in [-0.1, -0.05) is 6.07 Å². The Balaban J connectivity index is 3.50. The maximum atomic E-state index is 11.1. The monoisotopic (exact) mass is 201 g/mol. The maximum Gasteiger partial charge on any atom is 0.254 e. The molecule has 54 valence electrons. The van der Waals surface area contributed by atoms with Gasteiger partial charge in [-0.15, -0.1) is 0 Å². The summed E-state index contributed by atoms with van der Waals surface area (Å²) in [6.45, 7) is 1.80. The van der Waals surface area contributed by atoms with Crippen LogP contribution in [0.1, 0.15) is 5.56 Å². The Kier molecular flexibility index (Phi) is 1.94. The van der Waals surface area contributed by atoms with Gasteiger partial charge in [-0.2, -0.15) is 0 Å². The minimum absolute atomic E-state index is 0.0503. The molecule has 10 heavy (non-hydrogen) atoms. The van der Waals surface area contributed by atoms with Gasteiger partial charge >= 0.3 is 0 Å². The van der Waals surface area contributed by atoms with Crippen molar-refractivity contribution in [1.82, 2.24) is 4.57 Å². The lowest BCUT2D eigenvalue weighted by molar-refractivity contribution is 0.824. The Bertz CT molecular complexity index is 303. The van der Waals surface area contributed by atoms with E-state index in [2.05, 4.69) is 15.9 Å². The number of halogens is 1. The van der Waals surface area contributed by atoms with Crippen molar-refractivity contribution in [1.29, 1.82) is 0 Å². The van der Waals surface area contributed by atoms with Gasteiger partial charge in [0.05, 0.1) is 4.60 Å². The third kappa shape index (κ3) is 1.14. The Labute approximate surface area is 67.6 Å². The SMILES string of the molecule is Cc1ccc(Br)n(C)c1=O. The molecule has 0 unspecified atom stereocenters. The molecule has 1 rings (SSSR count). The lowest BCUT2D eigenvalue weighted by Gasteiger charge is -2.00. The van der Waals surface area contributed by atoms with Crippen molar-refractivity contribution >= 4 is 15.9 Å². The lowest BCUT2D eigenvalue weighted by atomic mass is 10.3. The van der Waals surface area contributed by atoms with E-state index in [1.165, 1.54) is 0 Å². The van der Waals surface area contributed by atoms with Crippen LogP contribution in [0, 0.1) is 6.92 Å². The van der Waals surface area contributed by atoms with Crippen LogP contribution in [-0.2, 0) is 7.05 Å². The number of pyridine rings is 1. The average Bonchev–Trinajstić information content (AvgIpc) is 1.93. The fourth-order valence-electron chi connectivity index (χ4n) is 0.738. The van der Waals surface area contributed by atoms with Gasteiger partial charge in [-0.05, 0) is 28.9 Å². The largest absolute Gasteiger partial charge is 0.306 e. The first-order valence-electron chi connectivity index (χ1n) is 2.95. The normalized spacial score (nSPS) is 9.90. The second-order valence-corrected chi connectivity index (χ2v) is 3.02. The van der Waals surface area contributed by atoms with E-state index in [1.54, 1.807) is 24.6 Å². The molecule has 0 aliphatic heterocycles. The number of hydrogen-bond acceptors (Lipinski definition) is 1. The second kappa shape index (κ2) is 2.58. The third-order valence-electron chi connectivity index (χ3n) is 1.43. The molecule has 0 aliphatic rings. The average molecular weight is 202 g/mol. The van der Waals surface area contributed by atoms with Gasteiger partial charge in [0.15, 0.2) is 0 Å². The van der Waals surface area contributed by atoms with E-state index in [-0.39, 0.29) is 5.56 Å². The van der Waals surface area contributed by atoms with Crippen molar-refractivity contribution in [2.45, 2.75) is 6.92 Å². The van der Waals surface area contributed by atoms with Crippen LogP contribution in [0.3, 0.4) is 0 Å². The lowest BCUT2D eigenvalue weighted by Crippen LogP contribution is -2.18. The molecule has 0 spiro atoms. The summed E-state index contributed by atoms with van der Waals surface area (Å²) in [4.78, 5) is 11.1. The summed E-state index contributed by atoms with van der Waals surface area (Å²) in [7, 11) is 1.74. The van der Waals surface area contributed by atoms with Crippen LogP contribution >= 0.6 is 15.9 Å². The smallest absolute Gasteiger partial charge is 0.254 e.